The van der Waals surface area contributed by atoms with E-state index in [2.05, 4.69) is 32.9 Å². The Balaban J connectivity index is 3.08. The van der Waals surface area contributed by atoms with E-state index in [9.17, 15) is 0 Å². The number of hydrogen-bond donors (Lipinski definition) is 0. The summed E-state index contributed by atoms with van der Waals surface area (Å²) in [5.74, 6) is 0.889. The molecular formula is C34H67. The molecule has 0 aliphatic heterocycles. The summed E-state index contributed by atoms with van der Waals surface area (Å²) in [6, 6.07) is 0. The van der Waals surface area contributed by atoms with Crippen molar-refractivity contribution in [3.05, 3.63) is 12.2 Å². The molecule has 0 nitrogen and oxygen atoms in total. The average molecular weight is 476 g/mol. The lowest BCUT2D eigenvalue weighted by Gasteiger charge is -2.04. The van der Waals surface area contributed by atoms with Crippen LogP contribution in [-0.4, -0.2) is 0 Å². The van der Waals surface area contributed by atoms with Gasteiger partial charge >= 0.3 is 0 Å². The minimum Gasteiger partial charge on any atom is -0.0811 e. The first-order valence-electron chi connectivity index (χ1n) is 16.3. The van der Waals surface area contributed by atoms with Gasteiger partial charge in [-0.3, -0.25) is 0 Å². The van der Waals surface area contributed by atoms with Crippen LogP contribution >= 0.6 is 0 Å². The molecule has 0 aliphatic carbocycles. The van der Waals surface area contributed by atoms with Crippen LogP contribution in [0.4, 0.5) is 0 Å². The van der Waals surface area contributed by atoms with E-state index in [1.54, 1.807) is 0 Å². The van der Waals surface area contributed by atoms with E-state index in [4.69, 9.17) is 0 Å². The molecule has 0 unspecified atom stereocenters. The van der Waals surface area contributed by atoms with Gasteiger partial charge in [0.1, 0.15) is 0 Å². The number of allylic oxidation sites excluding steroid dienone is 2. The third-order valence-corrected chi connectivity index (χ3v) is 7.45. The molecule has 0 spiro atoms. The Morgan fingerprint density at radius 2 is 0.794 bits per heavy atom. The monoisotopic (exact) mass is 476 g/mol. The highest BCUT2D eigenvalue weighted by Crippen LogP contribution is 2.15. The highest BCUT2D eigenvalue weighted by molar-refractivity contribution is 4.73. The van der Waals surface area contributed by atoms with E-state index in [1.165, 1.54) is 180 Å². The van der Waals surface area contributed by atoms with Crippen LogP contribution in [0, 0.1) is 12.0 Å². The average Bonchev–Trinajstić information content (AvgIpc) is 2.83. The molecule has 0 saturated heterocycles. The summed E-state index contributed by atoms with van der Waals surface area (Å²) in [6.07, 6.45) is 46.0. The summed E-state index contributed by atoms with van der Waals surface area (Å²) in [4.78, 5) is 0. The molecule has 1 radical (unpaired) electrons. The fraction of sp³-hybridized carbons (Fsp3) is 0.941. The molecule has 203 valence electrons. The Morgan fingerprint density at radius 1 is 0.441 bits per heavy atom. The Hall–Kier alpha value is -0.260. The molecule has 0 N–H and O–H groups in total. The minimum absolute atomic E-state index is 0.889. The molecule has 0 rings (SSSR count). The van der Waals surface area contributed by atoms with Gasteiger partial charge in [0.05, 0.1) is 0 Å². The van der Waals surface area contributed by atoms with Gasteiger partial charge in [-0.25, -0.2) is 0 Å². The second-order valence-corrected chi connectivity index (χ2v) is 11.6. The molecule has 34 heavy (non-hydrogen) atoms. The zero-order chi connectivity index (χ0) is 24.8. The van der Waals surface area contributed by atoms with Crippen LogP contribution < -0.4 is 0 Å². The summed E-state index contributed by atoms with van der Waals surface area (Å²) in [5, 5.41) is 0. The molecule has 0 aliphatic rings. The number of rotatable bonds is 29. The van der Waals surface area contributed by atoms with Gasteiger partial charge in [-0.2, -0.15) is 0 Å². The largest absolute Gasteiger partial charge is 0.0811 e. The van der Waals surface area contributed by atoms with Gasteiger partial charge in [0.15, 0.2) is 0 Å². The van der Waals surface area contributed by atoms with E-state index in [-0.39, 0.29) is 0 Å². The third kappa shape index (κ3) is 31.7. The van der Waals surface area contributed by atoms with Crippen LogP contribution in [0.1, 0.15) is 201 Å². The van der Waals surface area contributed by atoms with Crippen LogP contribution in [0.25, 0.3) is 0 Å². The SMILES string of the molecule is CCCCCCCCCCCCCCCCCC/C=[C]/CCCCCCCCCCCC(C)C. The second-order valence-electron chi connectivity index (χ2n) is 11.6. The van der Waals surface area contributed by atoms with E-state index in [0.29, 0.717) is 0 Å². The van der Waals surface area contributed by atoms with Crippen LogP contribution in [-0.2, 0) is 0 Å². The molecule has 0 aromatic rings. The highest BCUT2D eigenvalue weighted by Gasteiger charge is 1.96. The summed E-state index contributed by atoms with van der Waals surface area (Å²) in [6.45, 7) is 6.99. The van der Waals surface area contributed by atoms with Gasteiger partial charge in [-0.15, -0.1) is 0 Å². The smallest absolute Gasteiger partial charge is 0.0279 e. The van der Waals surface area contributed by atoms with Gasteiger partial charge < -0.3 is 0 Å². The topological polar surface area (TPSA) is 0 Å². The normalized spacial score (nSPS) is 11.9. The van der Waals surface area contributed by atoms with Gasteiger partial charge in [-0.05, 0) is 37.7 Å². The first-order valence-corrected chi connectivity index (χ1v) is 16.3. The van der Waals surface area contributed by atoms with Crippen molar-refractivity contribution in [2.45, 2.75) is 201 Å². The fourth-order valence-electron chi connectivity index (χ4n) is 5.02. The zero-order valence-corrected chi connectivity index (χ0v) is 24.5. The molecular weight excluding hydrogens is 408 g/mol. The van der Waals surface area contributed by atoms with Gasteiger partial charge in [0.2, 0.25) is 0 Å². The van der Waals surface area contributed by atoms with Crippen molar-refractivity contribution in [2.24, 2.45) is 5.92 Å². The number of hydrogen-bond acceptors (Lipinski definition) is 0. The van der Waals surface area contributed by atoms with Crippen molar-refractivity contribution in [1.29, 1.82) is 0 Å². The molecule has 0 heterocycles. The van der Waals surface area contributed by atoms with E-state index < -0.39 is 0 Å². The van der Waals surface area contributed by atoms with Gasteiger partial charge in [0.25, 0.3) is 0 Å². The highest BCUT2D eigenvalue weighted by atomic mass is 14.0. The first-order chi connectivity index (χ1) is 16.8. The Bertz CT molecular complexity index is 366. The van der Waals surface area contributed by atoms with Crippen LogP contribution in [0.5, 0.6) is 0 Å². The maximum Gasteiger partial charge on any atom is -0.0279 e. The number of unbranched alkanes of at least 4 members (excludes halogenated alkanes) is 25. The molecule has 0 atom stereocenters. The van der Waals surface area contributed by atoms with Crippen LogP contribution in [0.2, 0.25) is 0 Å². The molecule has 0 aromatic carbocycles. The summed E-state index contributed by atoms with van der Waals surface area (Å²) in [7, 11) is 0. The lowest BCUT2D eigenvalue weighted by Crippen LogP contribution is -1.87. The van der Waals surface area contributed by atoms with E-state index in [0.717, 1.165) is 5.92 Å². The van der Waals surface area contributed by atoms with Gasteiger partial charge in [0, 0.05) is 0 Å². The predicted molar refractivity (Wildman–Crippen MR) is 158 cm³/mol. The van der Waals surface area contributed by atoms with Crippen molar-refractivity contribution in [3.63, 3.8) is 0 Å². The maximum atomic E-state index is 3.55. The second kappa shape index (κ2) is 30.8. The Kier molecular flexibility index (Phi) is 30.5. The van der Waals surface area contributed by atoms with Crippen molar-refractivity contribution < 1.29 is 0 Å². The summed E-state index contributed by atoms with van der Waals surface area (Å²) in [5.41, 5.74) is 0. The standard InChI is InChI=1S/C34H67/c1-4-5-6-7-8-9-10-11-12-13-14-15-16-17-18-19-20-21-22-23-24-25-26-27-28-29-30-31-32-33-34(2)3/h21,34H,4-20,23-33H2,1-3H3. The Labute approximate surface area is 218 Å². The molecule has 0 amide bonds. The summed E-state index contributed by atoms with van der Waals surface area (Å²) >= 11 is 0. The minimum atomic E-state index is 0.889. The predicted octanol–water partition coefficient (Wildman–Crippen LogP) is 12.9. The van der Waals surface area contributed by atoms with Crippen LogP contribution in [0.3, 0.4) is 0 Å². The quantitative estimate of drug-likeness (QED) is 0.0943. The molecule has 0 heteroatoms. The van der Waals surface area contributed by atoms with Crippen molar-refractivity contribution in [3.8, 4) is 0 Å². The fourth-order valence-corrected chi connectivity index (χ4v) is 5.02. The maximum absolute atomic E-state index is 3.55. The van der Waals surface area contributed by atoms with E-state index in [1.807, 2.05) is 0 Å². The van der Waals surface area contributed by atoms with Crippen molar-refractivity contribution in [2.75, 3.05) is 0 Å². The molecule has 0 fully saturated rings. The summed E-state index contributed by atoms with van der Waals surface area (Å²) < 4.78 is 0. The zero-order valence-electron chi connectivity index (χ0n) is 24.5. The Morgan fingerprint density at radius 3 is 1.21 bits per heavy atom. The lowest BCUT2D eigenvalue weighted by molar-refractivity contribution is 0.506. The van der Waals surface area contributed by atoms with E-state index >= 15 is 0 Å². The first kappa shape index (κ1) is 33.7. The van der Waals surface area contributed by atoms with Crippen molar-refractivity contribution in [1.82, 2.24) is 0 Å². The molecule has 0 saturated carbocycles. The molecule has 0 aromatic heterocycles. The van der Waals surface area contributed by atoms with Crippen LogP contribution in [0.15, 0.2) is 6.08 Å². The molecule has 0 bridgehead atoms. The third-order valence-electron chi connectivity index (χ3n) is 7.45. The lowest BCUT2D eigenvalue weighted by atomic mass is 10.0. The van der Waals surface area contributed by atoms with Crippen molar-refractivity contribution >= 4 is 0 Å². The van der Waals surface area contributed by atoms with Gasteiger partial charge in [-0.1, -0.05) is 181 Å².